The molecule has 0 aliphatic carbocycles. The zero-order chi connectivity index (χ0) is 12.0. The lowest BCUT2D eigenvalue weighted by atomic mass is 10.3. The van der Waals surface area contributed by atoms with E-state index in [1.54, 1.807) is 6.07 Å². The third kappa shape index (κ3) is 3.72. The molecule has 0 aliphatic rings. The van der Waals surface area contributed by atoms with Gasteiger partial charge in [0.15, 0.2) is 0 Å². The van der Waals surface area contributed by atoms with Crippen LogP contribution >= 0.6 is 0 Å². The van der Waals surface area contributed by atoms with Crippen LogP contribution in [0.4, 0.5) is 5.95 Å². The topological polar surface area (TPSA) is 84.3 Å². The van der Waals surface area contributed by atoms with Crippen LogP contribution in [-0.2, 0) is 4.79 Å². The van der Waals surface area contributed by atoms with Gasteiger partial charge in [-0.15, -0.1) is 0 Å². The molecular weight excluding hydrogens is 210 g/mol. The number of anilines is 1. The van der Waals surface area contributed by atoms with E-state index in [0.29, 0.717) is 12.5 Å². The van der Waals surface area contributed by atoms with Gasteiger partial charge in [-0.1, -0.05) is 6.92 Å². The second-order valence-electron chi connectivity index (χ2n) is 3.27. The molecule has 0 amide bonds. The number of rotatable bonds is 6. The Morgan fingerprint density at radius 1 is 1.69 bits per heavy atom. The molecular formula is C10H15N3O3. The minimum absolute atomic E-state index is 0.253. The molecule has 1 unspecified atom stereocenters. The molecule has 0 fully saturated rings. The number of aromatic nitrogens is 2. The Morgan fingerprint density at radius 3 is 3.06 bits per heavy atom. The third-order valence-electron chi connectivity index (χ3n) is 1.80. The van der Waals surface area contributed by atoms with Gasteiger partial charge in [0, 0.05) is 12.3 Å². The predicted octanol–water partition coefficient (Wildman–Crippen LogP) is 1.15. The van der Waals surface area contributed by atoms with Crippen LogP contribution in [-0.4, -0.2) is 33.7 Å². The third-order valence-corrected chi connectivity index (χ3v) is 1.80. The summed E-state index contributed by atoms with van der Waals surface area (Å²) in [5.41, 5.74) is 0. The van der Waals surface area contributed by atoms with E-state index in [4.69, 9.17) is 9.84 Å². The molecule has 6 nitrogen and oxygen atoms in total. The number of carboxylic acid groups (broad SMARTS) is 1. The fraction of sp³-hybridized carbons (Fsp3) is 0.500. The summed E-state index contributed by atoms with van der Waals surface area (Å²) in [6.45, 7) is 4.09. The summed E-state index contributed by atoms with van der Waals surface area (Å²) in [5, 5.41) is 11.4. The van der Waals surface area contributed by atoms with Crippen molar-refractivity contribution >= 4 is 11.9 Å². The van der Waals surface area contributed by atoms with Gasteiger partial charge in [0.25, 0.3) is 0 Å². The molecule has 0 aliphatic heterocycles. The Kier molecular flexibility index (Phi) is 4.50. The molecule has 6 heteroatoms. The van der Waals surface area contributed by atoms with E-state index in [0.717, 1.165) is 6.42 Å². The first-order valence-electron chi connectivity index (χ1n) is 5.08. The number of hydrogen-bond acceptors (Lipinski definition) is 5. The van der Waals surface area contributed by atoms with E-state index in [9.17, 15) is 4.79 Å². The van der Waals surface area contributed by atoms with Gasteiger partial charge in [0.1, 0.15) is 6.04 Å². The Labute approximate surface area is 93.7 Å². The molecule has 1 rings (SSSR count). The minimum Gasteiger partial charge on any atom is -0.480 e. The lowest BCUT2D eigenvalue weighted by Gasteiger charge is -2.09. The minimum atomic E-state index is -0.955. The smallest absolute Gasteiger partial charge is 0.325 e. The SMILES string of the molecule is CCCOc1ccnc(NC(C)C(=O)O)n1. The van der Waals surface area contributed by atoms with E-state index < -0.39 is 12.0 Å². The normalized spacial score (nSPS) is 11.9. The van der Waals surface area contributed by atoms with Crippen LogP contribution in [0, 0.1) is 0 Å². The summed E-state index contributed by atoms with van der Waals surface area (Å²) in [7, 11) is 0. The predicted molar refractivity (Wildman–Crippen MR) is 58.5 cm³/mol. The maximum absolute atomic E-state index is 10.6. The van der Waals surface area contributed by atoms with Crippen LogP contribution in [0.5, 0.6) is 5.88 Å². The van der Waals surface area contributed by atoms with Gasteiger partial charge < -0.3 is 15.2 Å². The lowest BCUT2D eigenvalue weighted by Crippen LogP contribution is -2.26. The molecule has 16 heavy (non-hydrogen) atoms. The van der Waals surface area contributed by atoms with Crippen molar-refractivity contribution in [1.82, 2.24) is 9.97 Å². The van der Waals surface area contributed by atoms with Gasteiger partial charge in [-0.3, -0.25) is 4.79 Å². The van der Waals surface area contributed by atoms with Gasteiger partial charge in [-0.2, -0.15) is 4.98 Å². The van der Waals surface area contributed by atoms with Gasteiger partial charge in [0.2, 0.25) is 11.8 Å². The van der Waals surface area contributed by atoms with E-state index in [1.165, 1.54) is 13.1 Å². The van der Waals surface area contributed by atoms with Crippen molar-refractivity contribution in [1.29, 1.82) is 0 Å². The number of nitrogens with zero attached hydrogens (tertiary/aromatic N) is 2. The molecule has 0 bridgehead atoms. The molecule has 88 valence electrons. The maximum Gasteiger partial charge on any atom is 0.325 e. The number of hydrogen-bond donors (Lipinski definition) is 2. The fourth-order valence-corrected chi connectivity index (χ4v) is 0.954. The summed E-state index contributed by atoms with van der Waals surface area (Å²) in [5.74, 6) is -0.260. The summed E-state index contributed by atoms with van der Waals surface area (Å²) in [4.78, 5) is 18.5. The average Bonchev–Trinajstić information content (AvgIpc) is 2.26. The van der Waals surface area contributed by atoms with Crippen LogP contribution < -0.4 is 10.1 Å². The molecule has 1 atom stereocenters. The molecule has 0 radical (unpaired) electrons. The Morgan fingerprint density at radius 2 is 2.44 bits per heavy atom. The Balaban J connectivity index is 2.63. The number of carboxylic acids is 1. The molecule has 1 aromatic heterocycles. The Hall–Kier alpha value is -1.85. The average molecular weight is 225 g/mol. The largest absolute Gasteiger partial charge is 0.480 e. The quantitative estimate of drug-likeness (QED) is 0.755. The monoisotopic (exact) mass is 225 g/mol. The van der Waals surface area contributed by atoms with Gasteiger partial charge in [-0.05, 0) is 13.3 Å². The van der Waals surface area contributed by atoms with Gasteiger partial charge in [0.05, 0.1) is 6.61 Å². The Bertz CT molecular complexity index is 357. The highest BCUT2D eigenvalue weighted by Crippen LogP contribution is 2.09. The van der Waals surface area contributed by atoms with Crippen LogP contribution in [0.15, 0.2) is 12.3 Å². The molecule has 0 aromatic carbocycles. The zero-order valence-electron chi connectivity index (χ0n) is 9.30. The molecule has 0 saturated heterocycles. The van der Waals surface area contributed by atoms with E-state index >= 15 is 0 Å². The van der Waals surface area contributed by atoms with Crippen LogP contribution in [0.1, 0.15) is 20.3 Å². The van der Waals surface area contributed by atoms with E-state index in [1.807, 2.05) is 6.92 Å². The van der Waals surface area contributed by atoms with Crippen molar-refractivity contribution < 1.29 is 14.6 Å². The van der Waals surface area contributed by atoms with Gasteiger partial charge in [-0.25, -0.2) is 4.98 Å². The van der Waals surface area contributed by atoms with Crippen molar-refractivity contribution in [3.05, 3.63) is 12.3 Å². The van der Waals surface area contributed by atoms with Crippen molar-refractivity contribution in [2.75, 3.05) is 11.9 Å². The van der Waals surface area contributed by atoms with Crippen molar-refractivity contribution in [2.45, 2.75) is 26.3 Å². The van der Waals surface area contributed by atoms with Crippen LogP contribution in [0.25, 0.3) is 0 Å². The molecule has 2 N–H and O–H groups in total. The maximum atomic E-state index is 10.6. The second kappa shape index (κ2) is 5.89. The summed E-state index contributed by atoms with van der Waals surface area (Å²) < 4.78 is 5.30. The zero-order valence-corrected chi connectivity index (χ0v) is 9.30. The number of aliphatic carboxylic acids is 1. The van der Waals surface area contributed by atoms with Gasteiger partial charge >= 0.3 is 5.97 Å². The molecule has 0 saturated carbocycles. The first-order valence-corrected chi connectivity index (χ1v) is 5.08. The lowest BCUT2D eigenvalue weighted by molar-refractivity contribution is -0.137. The highest BCUT2D eigenvalue weighted by atomic mass is 16.5. The van der Waals surface area contributed by atoms with E-state index in [2.05, 4.69) is 15.3 Å². The number of ether oxygens (including phenoxy) is 1. The highest BCUT2D eigenvalue weighted by Gasteiger charge is 2.11. The van der Waals surface area contributed by atoms with E-state index in [-0.39, 0.29) is 5.95 Å². The van der Waals surface area contributed by atoms with Crippen molar-refractivity contribution in [3.63, 3.8) is 0 Å². The summed E-state index contributed by atoms with van der Waals surface area (Å²) >= 11 is 0. The standard InChI is InChI=1S/C10H15N3O3/c1-3-6-16-8-4-5-11-10(13-8)12-7(2)9(14)15/h4-5,7H,3,6H2,1-2H3,(H,14,15)(H,11,12,13). The molecule has 1 aromatic rings. The van der Waals surface area contributed by atoms with Crippen LogP contribution in [0.2, 0.25) is 0 Å². The summed E-state index contributed by atoms with van der Waals surface area (Å²) in [6.07, 6.45) is 2.41. The first kappa shape index (κ1) is 12.2. The molecule has 0 spiro atoms. The van der Waals surface area contributed by atoms with Crippen molar-refractivity contribution in [3.8, 4) is 5.88 Å². The second-order valence-corrected chi connectivity index (χ2v) is 3.27. The number of carbonyl (C=O) groups is 1. The summed E-state index contributed by atoms with van der Waals surface area (Å²) in [6, 6.07) is 0.896. The van der Waals surface area contributed by atoms with Crippen LogP contribution in [0.3, 0.4) is 0 Å². The van der Waals surface area contributed by atoms with Crippen molar-refractivity contribution in [2.24, 2.45) is 0 Å². The highest BCUT2D eigenvalue weighted by molar-refractivity contribution is 5.75. The first-order chi connectivity index (χ1) is 7.63. The molecule has 1 heterocycles. The number of nitrogens with one attached hydrogen (secondary N) is 1. The fourth-order valence-electron chi connectivity index (χ4n) is 0.954.